The molecule has 0 aliphatic rings. The van der Waals surface area contributed by atoms with Crippen molar-refractivity contribution in [3.8, 4) is 17.2 Å². The lowest BCUT2D eigenvalue weighted by Gasteiger charge is -2.13. The number of benzene rings is 2. The molecule has 2 aromatic carbocycles. The van der Waals surface area contributed by atoms with Gasteiger partial charge in [0.05, 0.1) is 21.3 Å². The molecule has 26 heavy (non-hydrogen) atoms. The van der Waals surface area contributed by atoms with Gasteiger partial charge in [0.25, 0.3) is 5.91 Å². The van der Waals surface area contributed by atoms with Crippen molar-refractivity contribution in [3.05, 3.63) is 53.7 Å². The van der Waals surface area contributed by atoms with Gasteiger partial charge in [-0.3, -0.25) is 4.79 Å². The van der Waals surface area contributed by atoms with Crippen LogP contribution in [0.5, 0.6) is 17.2 Å². The molecule has 1 aromatic heterocycles. The fourth-order valence-corrected chi connectivity index (χ4v) is 2.97. The van der Waals surface area contributed by atoms with Gasteiger partial charge in [-0.05, 0) is 42.3 Å². The number of ether oxygens (including phenoxy) is 3. The van der Waals surface area contributed by atoms with Gasteiger partial charge in [-0.1, -0.05) is 6.07 Å². The van der Waals surface area contributed by atoms with Gasteiger partial charge in [0.2, 0.25) is 0 Å². The van der Waals surface area contributed by atoms with Crippen LogP contribution in [0.3, 0.4) is 0 Å². The maximum absolute atomic E-state index is 12.6. The fourth-order valence-electron chi connectivity index (χ4n) is 2.97. The maximum atomic E-state index is 12.6. The van der Waals surface area contributed by atoms with E-state index < -0.39 is 0 Å². The Morgan fingerprint density at radius 2 is 1.77 bits per heavy atom. The number of nitrogens with one attached hydrogen (secondary N) is 2. The Bertz CT molecular complexity index is 895. The molecule has 0 aliphatic heterocycles. The SMILES string of the molecule is COc1ccc2[nH]cc(CCNC(=O)c3c(OC)cccc3OC)c2c1. The molecule has 0 saturated heterocycles. The van der Waals surface area contributed by atoms with Gasteiger partial charge >= 0.3 is 0 Å². The summed E-state index contributed by atoms with van der Waals surface area (Å²) in [5.74, 6) is 1.55. The van der Waals surface area contributed by atoms with Gasteiger partial charge in [0.1, 0.15) is 22.8 Å². The van der Waals surface area contributed by atoms with Gasteiger partial charge < -0.3 is 24.5 Å². The Morgan fingerprint density at radius 1 is 1.04 bits per heavy atom. The van der Waals surface area contributed by atoms with Crippen molar-refractivity contribution in [2.45, 2.75) is 6.42 Å². The third kappa shape index (κ3) is 3.44. The number of hydrogen-bond acceptors (Lipinski definition) is 4. The summed E-state index contributed by atoms with van der Waals surface area (Å²) < 4.78 is 15.9. The van der Waals surface area contributed by atoms with Crippen molar-refractivity contribution in [1.82, 2.24) is 10.3 Å². The average molecular weight is 354 g/mol. The second-order valence-corrected chi connectivity index (χ2v) is 5.77. The molecule has 6 nitrogen and oxygen atoms in total. The molecule has 0 radical (unpaired) electrons. The lowest BCUT2D eigenvalue weighted by Crippen LogP contribution is -2.26. The molecule has 1 amide bonds. The third-order valence-corrected chi connectivity index (χ3v) is 4.31. The zero-order valence-electron chi connectivity index (χ0n) is 15.1. The Kier molecular flexibility index (Phi) is 5.31. The Hall–Kier alpha value is -3.15. The number of fused-ring (bicyclic) bond motifs is 1. The highest BCUT2D eigenvalue weighted by molar-refractivity contribution is 5.99. The topological polar surface area (TPSA) is 72.6 Å². The smallest absolute Gasteiger partial charge is 0.258 e. The van der Waals surface area contributed by atoms with Gasteiger partial charge in [0, 0.05) is 23.6 Å². The first-order valence-corrected chi connectivity index (χ1v) is 8.31. The van der Waals surface area contributed by atoms with Crippen LogP contribution in [0.1, 0.15) is 15.9 Å². The fraction of sp³-hybridized carbons (Fsp3) is 0.250. The molecule has 1 heterocycles. The predicted octanol–water partition coefficient (Wildman–Crippen LogP) is 3.17. The summed E-state index contributed by atoms with van der Waals surface area (Å²) in [5.41, 5.74) is 2.56. The summed E-state index contributed by atoms with van der Waals surface area (Å²) in [6, 6.07) is 11.2. The molecule has 2 N–H and O–H groups in total. The predicted molar refractivity (Wildman–Crippen MR) is 100 cm³/mol. The molecule has 0 spiro atoms. The zero-order chi connectivity index (χ0) is 18.5. The Morgan fingerprint density at radius 3 is 2.42 bits per heavy atom. The molecule has 0 saturated carbocycles. The van der Waals surface area contributed by atoms with Crippen LogP contribution in [0.25, 0.3) is 10.9 Å². The van der Waals surface area contributed by atoms with E-state index in [4.69, 9.17) is 14.2 Å². The first kappa shape index (κ1) is 17.7. The van der Waals surface area contributed by atoms with E-state index in [-0.39, 0.29) is 5.91 Å². The normalized spacial score (nSPS) is 10.6. The van der Waals surface area contributed by atoms with E-state index in [1.165, 1.54) is 14.2 Å². The minimum absolute atomic E-state index is 0.225. The van der Waals surface area contributed by atoms with Gasteiger partial charge in [-0.25, -0.2) is 0 Å². The minimum Gasteiger partial charge on any atom is -0.497 e. The lowest BCUT2D eigenvalue weighted by molar-refractivity contribution is 0.0948. The van der Waals surface area contributed by atoms with E-state index in [1.54, 1.807) is 25.3 Å². The first-order valence-electron chi connectivity index (χ1n) is 8.31. The monoisotopic (exact) mass is 354 g/mol. The number of aromatic amines is 1. The summed E-state index contributed by atoms with van der Waals surface area (Å²) in [6.45, 7) is 0.490. The molecule has 0 aliphatic carbocycles. The number of rotatable bonds is 7. The summed E-state index contributed by atoms with van der Waals surface area (Å²) in [4.78, 5) is 15.8. The third-order valence-electron chi connectivity index (χ3n) is 4.31. The largest absolute Gasteiger partial charge is 0.497 e. The molecular formula is C20H22N2O4. The van der Waals surface area contributed by atoms with Crippen molar-refractivity contribution < 1.29 is 19.0 Å². The Balaban J connectivity index is 1.72. The van der Waals surface area contributed by atoms with Crippen LogP contribution < -0.4 is 19.5 Å². The highest BCUT2D eigenvalue weighted by Crippen LogP contribution is 2.28. The van der Waals surface area contributed by atoms with E-state index in [1.807, 2.05) is 24.4 Å². The minimum atomic E-state index is -0.225. The van der Waals surface area contributed by atoms with E-state index in [0.29, 0.717) is 30.0 Å². The van der Waals surface area contributed by atoms with Crippen molar-refractivity contribution in [1.29, 1.82) is 0 Å². The molecule has 0 bridgehead atoms. The molecule has 3 aromatic rings. The summed E-state index contributed by atoms with van der Waals surface area (Å²) in [6.07, 6.45) is 2.65. The zero-order valence-corrected chi connectivity index (χ0v) is 15.1. The van der Waals surface area contributed by atoms with Crippen LogP contribution in [0.4, 0.5) is 0 Å². The summed E-state index contributed by atoms with van der Waals surface area (Å²) in [7, 11) is 4.71. The van der Waals surface area contributed by atoms with E-state index in [2.05, 4.69) is 10.3 Å². The van der Waals surface area contributed by atoms with Gasteiger partial charge in [-0.15, -0.1) is 0 Å². The number of aromatic nitrogens is 1. The quantitative estimate of drug-likeness (QED) is 0.684. The number of amides is 1. The molecule has 0 fully saturated rings. The Labute approximate surface area is 152 Å². The number of H-pyrrole nitrogens is 1. The van der Waals surface area contributed by atoms with Crippen molar-refractivity contribution in [2.24, 2.45) is 0 Å². The molecule has 3 rings (SSSR count). The molecule has 0 unspecified atom stereocenters. The van der Waals surface area contributed by atoms with E-state index >= 15 is 0 Å². The van der Waals surface area contributed by atoms with E-state index in [0.717, 1.165) is 22.2 Å². The maximum Gasteiger partial charge on any atom is 0.258 e. The van der Waals surface area contributed by atoms with Crippen LogP contribution in [-0.2, 0) is 6.42 Å². The van der Waals surface area contributed by atoms with E-state index in [9.17, 15) is 4.79 Å². The second-order valence-electron chi connectivity index (χ2n) is 5.77. The summed E-state index contributed by atoms with van der Waals surface area (Å²) in [5, 5.41) is 4.03. The molecular weight excluding hydrogens is 332 g/mol. The standard InChI is InChI=1S/C20H22N2O4/c1-24-14-7-8-16-15(11-14)13(12-22-16)9-10-21-20(23)19-17(25-2)5-4-6-18(19)26-3/h4-8,11-12,22H,9-10H2,1-3H3,(H,21,23). The molecule has 0 atom stereocenters. The number of hydrogen-bond donors (Lipinski definition) is 2. The van der Waals surface area contributed by atoms with Gasteiger partial charge in [-0.2, -0.15) is 0 Å². The first-order chi connectivity index (χ1) is 12.7. The van der Waals surface area contributed by atoms with Crippen LogP contribution in [-0.4, -0.2) is 38.8 Å². The second kappa shape index (κ2) is 7.82. The summed E-state index contributed by atoms with van der Waals surface area (Å²) >= 11 is 0. The number of carbonyl (C=O) groups excluding carboxylic acids is 1. The van der Waals surface area contributed by atoms with Crippen molar-refractivity contribution in [3.63, 3.8) is 0 Å². The highest BCUT2D eigenvalue weighted by Gasteiger charge is 2.17. The van der Waals surface area contributed by atoms with Crippen molar-refractivity contribution >= 4 is 16.8 Å². The van der Waals surface area contributed by atoms with Crippen LogP contribution >= 0.6 is 0 Å². The van der Waals surface area contributed by atoms with Gasteiger partial charge in [0.15, 0.2) is 0 Å². The number of methoxy groups -OCH3 is 3. The number of carbonyl (C=O) groups is 1. The van der Waals surface area contributed by atoms with Crippen LogP contribution in [0.2, 0.25) is 0 Å². The van der Waals surface area contributed by atoms with Crippen molar-refractivity contribution in [2.75, 3.05) is 27.9 Å². The lowest BCUT2D eigenvalue weighted by atomic mass is 10.1. The molecule has 136 valence electrons. The average Bonchev–Trinajstić information content (AvgIpc) is 3.09. The molecule has 6 heteroatoms. The highest BCUT2D eigenvalue weighted by atomic mass is 16.5. The van der Waals surface area contributed by atoms with Crippen LogP contribution in [0, 0.1) is 0 Å². The van der Waals surface area contributed by atoms with Crippen LogP contribution in [0.15, 0.2) is 42.6 Å².